The molecule has 5 heteroatoms. The predicted molar refractivity (Wildman–Crippen MR) is 156 cm³/mol. The lowest BCUT2D eigenvalue weighted by atomic mass is 10.1. The minimum atomic E-state index is -0.0733. The zero-order valence-corrected chi connectivity index (χ0v) is 21.5. The number of hydrogen-bond donors (Lipinski definition) is 0. The molecule has 6 aromatic rings. The molecule has 6 rings (SSSR count). The van der Waals surface area contributed by atoms with Crippen LogP contribution in [0.3, 0.4) is 0 Å². The summed E-state index contributed by atoms with van der Waals surface area (Å²) in [5.41, 5.74) is 4.91. The molecule has 174 valence electrons. The number of rotatable bonds is 5. The molecule has 0 saturated heterocycles. The predicted octanol–water partition coefficient (Wildman–Crippen LogP) is 7.16. The fourth-order valence-corrected chi connectivity index (χ4v) is 5.09. The first kappa shape index (κ1) is 22.5. The molecule has 0 radical (unpaired) electrons. The van der Waals surface area contributed by atoms with E-state index in [1.807, 2.05) is 60.7 Å². The average Bonchev–Trinajstić information content (AvgIpc) is 3.26. The summed E-state index contributed by atoms with van der Waals surface area (Å²) >= 11 is 2.23. The normalized spacial score (nSPS) is 11.6. The number of para-hydroxylation sites is 2. The van der Waals surface area contributed by atoms with Crippen LogP contribution in [0.5, 0.6) is 0 Å². The summed E-state index contributed by atoms with van der Waals surface area (Å²) < 4.78 is 4.97. The van der Waals surface area contributed by atoms with Gasteiger partial charge in [-0.15, -0.1) is 0 Å². The summed E-state index contributed by atoms with van der Waals surface area (Å²) in [5.74, 6) is 0.597. The van der Waals surface area contributed by atoms with Crippen LogP contribution in [-0.4, -0.2) is 14.1 Å². The molecule has 0 aliphatic rings. The zero-order chi connectivity index (χ0) is 24.5. The lowest BCUT2D eigenvalue weighted by Gasteiger charge is -2.11. The van der Waals surface area contributed by atoms with Gasteiger partial charge in [0.25, 0.3) is 5.56 Å². The first-order valence-corrected chi connectivity index (χ1v) is 12.8. The average molecular weight is 579 g/mol. The Kier molecular flexibility index (Phi) is 5.99. The van der Waals surface area contributed by atoms with Crippen molar-refractivity contribution in [3.05, 3.63) is 140 Å². The number of nitrogens with zero attached hydrogens (tertiary/aromatic N) is 3. The van der Waals surface area contributed by atoms with Crippen LogP contribution in [0.25, 0.3) is 39.6 Å². The van der Waals surface area contributed by atoms with Gasteiger partial charge in [-0.25, -0.2) is 4.98 Å². The Morgan fingerprint density at radius 1 is 0.778 bits per heavy atom. The van der Waals surface area contributed by atoms with Crippen molar-refractivity contribution in [1.82, 2.24) is 14.1 Å². The van der Waals surface area contributed by atoms with Gasteiger partial charge >= 0.3 is 0 Å². The fourth-order valence-electron chi connectivity index (χ4n) is 4.60. The summed E-state index contributed by atoms with van der Waals surface area (Å²) in [5, 5.41) is 1.77. The van der Waals surface area contributed by atoms with Crippen molar-refractivity contribution in [3.8, 4) is 5.69 Å². The van der Waals surface area contributed by atoms with Gasteiger partial charge in [0, 0.05) is 32.8 Å². The summed E-state index contributed by atoms with van der Waals surface area (Å²) in [6, 6.07) is 34.3. The number of hydrogen-bond acceptors (Lipinski definition) is 2. The van der Waals surface area contributed by atoms with E-state index in [9.17, 15) is 4.79 Å². The smallest absolute Gasteiger partial charge is 0.266 e. The van der Waals surface area contributed by atoms with Crippen molar-refractivity contribution in [2.75, 3.05) is 0 Å². The second-order valence-corrected chi connectivity index (χ2v) is 9.90. The van der Waals surface area contributed by atoms with E-state index >= 15 is 0 Å². The summed E-state index contributed by atoms with van der Waals surface area (Å²) in [6.07, 6.45) is 6.17. The zero-order valence-electron chi connectivity index (χ0n) is 19.4. The highest BCUT2D eigenvalue weighted by Gasteiger charge is 2.12. The molecule has 2 heterocycles. The maximum Gasteiger partial charge on any atom is 0.266 e. The molecule has 2 aromatic heterocycles. The Labute approximate surface area is 222 Å². The van der Waals surface area contributed by atoms with Crippen LogP contribution in [-0.2, 0) is 6.54 Å². The molecule has 0 unspecified atom stereocenters. The maximum absolute atomic E-state index is 13.6. The molecule has 0 aliphatic carbocycles. The van der Waals surface area contributed by atoms with Crippen LogP contribution >= 0.6 is 22.6 Å². The van der Waals surface area contributed by atoms with Gasteiger partial charge in [-0.05, 0) is 76.7 Å². The first-order valence-electron chi connectivity index (χ1n) is 11.7. The van der Waals surface area contributed by atoms with Gasteiger partial charge in [0.2, 0.25) is 0 Å². The molecule has 0 aliphatic heterocycles. The minimum absolute atomic E-state index is 0.0733. The van der Waals surface area contributed by atoms with Crippen LogP contribution in [0.15, 0.2) is 114 Å². The molecule has 0 saturated carbocycles. The molecule has 36 heavy (non-hydrogen) atoms. The van der Waals surface area contributed by atoms with Crippen molar-refractivity contribution < 1.29 is 0 Å². The van der Waals surface area contributed by atoms with E-state index in [2.05, 4.69) is 88.0 Å². The third kappa shape index (κ3) is 4.27. The number of benzene rings is 4. The van der Waals surface area contributed by atoms with E-state index in [4.69, 9.17) is 4.98 Å². The molecule has 4 aromatic carbocycles. The Morgan fingerprint density at radius 2 is 1.50 bits per heavy atom. The molecule has 0 amide bonds. The van der Waals surface area contributed by atoms with Crippen LogP contribution < -0.4 is 5.56 Å². The van der Waals surface area contributed by atoms with E-state index in [-0.39, 0.29) is 5.56 Å². The largest absolute Gasteiger partial charge is 0.342 e. The Bertz CT molecular complexity index is 1780. The summed E-state index contributed by atoms with van der Waals surface area (Å²) in [6.45, 7) is 0.788. The van der Waals surface area contributed by atoms with Gasteiger partial charge in [0.05, 0.1) is 16.6 Å². The third-order valence-electron chi connectivity index (χ3n) is 6.30. The van der Waals surface area contributed by atoms with Crippen molar-refractivity contribution in [2.45, 2.75) is 6.54 Å². The van der Waals surface area contributed by atoms with Crippen molar-refractivity contribution in [1.29, 1.82) is 0 Å². The molecule has 0 spiro atoms. The molecular formula is C31H22IN3O. The molecule has 0 atom stereocenters. The minimum Gasteiger partial charge on any atom is -0.342 e. The van der Waals surface area contributed by atoms with Gasteiger partial charge in [-0.1, -0.05) is 66.7 Å². The van der Waals surface area contributed by atoms with E-state index < -0.39 is 0 Å². The summed E-state index contributed by atoms with van der Waals surface area (Å²) in [7, 11) is 0. The van der Waals surface area contributed by atoms with Gasteiger partial charge < -0.3 is 4.57 Å². The van der Waals surface area contributed by atoms with Gasteiger partial charge in [0.15, 0.2) is 0 Å². The van der Waals surface area contributed by atoms with Crippen molar-refractivity contribution in [3.63, 3.8) is 0 Å². The van der Waals surface area contributed by atoms with E-state index in [0.29, 0.717) is 16.7 Å². The Hall–Kier alpha value is -3.97. The number of aromatic nitrogens is 3. The van der Waals surface area contributed by atoms with Crippen molar-refractivity contribution >= 4 is 56.5 Å². The first-order chi connectivity index (χ1) is 17.7. The SMILES string of the molecule is O=c1c2cc(I)ccc2nc(C=Cc2cn(Cc3ccccc3)c3ccccc23)n1-c1ccccc1. The van der Waals surface area contributed by atoms with E-state index in [1.54, 1.807) is 4.57 Å². The highest BCUT2D eigenvalue weighted by molar-refractivity contribution is 14.1. The maximum atomic E-state index is 13.6. The van der Waals surface area contributed by atoms with Gasteiger partial charge in [0.1, 0.15) is 5.82 Å². The third-order valence-corrected chi connectivity index (χ3v) is 6.97. The highest BCUT2D eigenvalue weighted by Crippen LogP contribution is 2.25. The highest BCUT2D eigenvalue weighted by atomic mass is 127. The Balaban J connectivity index is 1.50. The monoisotopic (exact) mass is 579 g/mol. The lowest BCUT2D eigenvalue weighted by Crippen LogP contribution is -2.22. The topological polar surface area (TPSA) is 39.8 Å². The van der Waals surface area contributed by atoms with Crippen LogP contribution in [0.1, 0.15) is 17.0 Å². The van der Waals surface area contributed by atoms with Gasteiger partial charge in [-0.2, -0.15) is 0 Å². The van der Waals surface area contributed by atoms with E-state index in [0.717, 1.165) is 26.8 Å². The standard InChI is InChI=1S/C31H22IN3O/c32-24-16-17-28-27(19-24)31(36)35(25-11-5-2-6-12-25)30(33-28)18-15-23-21-34(20-22-9-3-1-4-10-22)29-14-8-7-13-26(23)29/h1-19,21H,20H2. The van der Waals surface area contributed by atoms with Crippen LogP contribution in [0.4, 0.5) is 0 Å². The van der Waals surface area contributed by atoms with Gasteiger partial charge in [-0.3, -0.25) is 9.36 Å². The number of halogens is 1. The lowest BCUT2D eigenvalue weighted by molar-refractivity contribution is 0.836. The Morgan fingerprint density at radius 3 is 2.31 bits per heavy atom. The second-order valence-electron chi connectivity index (χ2n) is 8.66. The second kappa shape index (κ2) is 9.59. The molecule has 0 fully saturated rings. The molecular weight excluding hydrogens is 557 g/mol. The molecule has 4 nitrogen and oxygen atoms in total. The van der Waals surface area contributed by atoms with E-state index in [1.165, 1.54) is 11.1 Å². The summed E-state index contributed by atoms with van der Waals surface area (Å²) in [4.78, 5) is 18.5. The molecule has 0 N–H and O–H groups in total. The quantitative estimate of drug-likeness (QED) is 0.203. The van der Waals surface area contributed by atoms with Crippen molar-refractivity contribution in [2.24, 2.45) is 0 Å². The molecule has 0 bridgehead atoms. The number of fused-ring (bicyclic) bond motifs is 2. The fraction of sp³-hybridized carbons (Fsp3) is 0.0323. The van der Waals surface area contributed by atoms with Crippen LogP contribution in [0.2, 0.25) is 0 Å². The van der Waals surface area contributed by atoms with Crippen LogP contribution in [0, 0.1) is 3.57 Å².